The maximum absolute atomic E-state index is 12.8. The third-order valence-electron chi connectivity index (χ3n) is 4.86. The highest BCUT2D eigenvalue weighted by Crippen LogP contribution is 2.24. The summed E-state index contributed by atoms with van der Waals surface area (Å²) in [6, 6.07) is 1.81. The maximum Gasteiger partial charge on any atom is 0.223 e. The Balaban J connectivity index is 1.65. The van der Waals surface area contributed by atoms with Crippen molar-refractivity contribution in [3.63, 3.8) is 0 Å². The van der Waals surface area contributed by atoms with E-state index in [0.717, 1.165) is 23.4 Å². The number of nitrogen functional groups attached to an aromatic ring is 1. The third kappa shape index (κ3) is 3.84. The lowest BCUT2D eigenvalue weighted by molar-refractivity contribution is -0.132. The first-order chi connectivity index (χ1) is 12.0. The number of aromatic nitrogens is 3. The SMILES string of the molecule is CO[C@@H]1C[C@@H](Cn2ccc(N)n2)N(C(=O)CCc2c(C)noc2C)C1. The zero-order chi connectivity index (χ0) is 18.0. The molecule has 0 radical (unpaired) electrons. The second-order valence-electron chi connectivity index (χ2n) is 6.56. The second kappa shape index (κ2) is 7.26. The molecule has 1 fully saturated rings. The minimum absolute atomic E-state index is 0.0564. The summed E-state index contributed by atoms with van der Waals surface area (Å²) in [5.41, 5.74) is 7.55. The fourth-order valence-electron chi connectivity index (χ4n) is 3.45. The van der Waals surface area contributed by atoms with Gasteiger partial charge in [0.2, 0.25) is 5.91 Å². The van der Waals surface area contributed by atoms with E-state index in [0.29, 0.717) is 31.7 Å². The van der Waals surface area contributed by atoms with Crippen LogP contribution in [-0.4, -0.2) is 51.5 Å². The van der Waals surface area contributed by atoms with Crippen molar-refractivity contribution >= 4 is 11.7 Å². The smallest absolute Gasteiger partial charge is 0.223 e. The van der Waals surface area contributed by atoms with Crippen LogP contribution < -0.4 is 5.73 Å². The monoisotopic (exact) mass is 347 g/mol. The number of carbonyl (C=O) groups excluding carboxylic acids is 1. The summed E-state index contributed by atoms with van der Waals surface area (Å²) in [6.45, 7) is 5.01. The van der Waals surface area contributed by atoms with Gasteiger partial charge in [-0.15, -0.1) is 0 Å². The van der Waals surface area contributed by atoms with E-state index >= 15 is 0 Å². The van der Waals surface area contributed by atoms with Crippen LogP contribution >= 0.6 is 0 Å². The van der Waals surface area contributed by atoms with Gasteiger partial charge < -0.3 is 19.9 Å². The third-order valence-corrected chi connectivity index (χ3v) is 4.86. The molecule has 136 valence electrons. The number of nitrogens with two attached hydrogens (primary N) is 1. The molecule has 2 atom stereocenters. The number of likely N-dealkylation sites (tertiary alicyclic amines) is 1. The quantitative estimate of drug-likeness (QED) is 0.846. The molecule has 1 aliphatic rings. The van der Waals surface area contributed by atoms with Crippen LogP contribution in [0.1, 0.15) is 29.9 Å². The average molecular weight is 347 g/mol. The van der Waals surface area contributed by atoms with E-state index in [4.69, 9.17) is 15.0 Å². The van der Waals surface area contributed by atoms with Gasteiger partial charge >= 0.3 is 0 Å². The number of aryl methyl sites for hydroxylation is 2. The van der Waals surface area contributed by atoms with Gasteiger partial charge in [0.05, 0.1) is 24.4 Å². The van der Waals surface area contributed by atoms with Gasteiger partial charge in [-0.25, -0.2) is 0 Å². The Hall–Kier alpha value is -2.35. The van der Waals surface area contributed by atoms with E-state index in [1.807, 2.05) is 24.9 Å². The van der Waals surface area contributed by atoms with Gasteiger partial charge in [-0.1, -0.05) is 5.16 Å². The van der Waals surface area contributed by atoms with Crippen molar-refractivity contribution in [2.24, 2.45) is 0 Å². The molecule has 0 bridgehead atoms. The number of amides is 1. The van der Waals surface area contributed by atoms with Crippen LogP contribution in [0, 0.1) is 13.8 Å². The zero-order valence-corrected chi connectivity index (χ0v) is 14.9. The summed E-state index contributed by atoms with van der Waals surface area (Å²) < 4.78 is 12.4. The molecule has 2 aromatic heterocycles. The first-order valence-corrected chi connectivity index (χ1v) is 8.51. The first-order valence-electron chi connectivity index (χ1n) is 8.51. The van der Waals surface area contributed by atoms with Crippen LogP contribution in [0.5, 0.6) is 0 Å². The van der Waals surface area contributed by atoms with Gasteiger partial charge in [-0.05, 0) is 32.8 Å². The molecule has 0 unspecified atom stereocenters. The Labute approximate surface area is 146 Å². The number of ether oxygens (including phenoxy) is 1. The largest absolute Gasteiger partial charge is 0.382 e. The lowest BCUT2D eigenvalue weighted by atomic mass is 10.1. The summed E-state index contributed by atoms with van der Waals surface area (Å²) in [4.78, 5) is 14.7. The number of hydrogen-bond donors (Lipinski definition) is 1. The van der Waals surface area contributed by atoms with E-state index in [9.17, 15) is 4.79 Å². The molecule has 0 aromatic carbocycles. The lowest BCUT2D eigenvalue weighted by Crippen LogP contribution is -2.38. The van der Waals surface area contributed by atoms with Crippen molar-refractivity contribution in [2.75, 3.05) is 19.4 Å². The number of rotatable bonds is 6. The second-order valence-corrected chi connectivity index (χ2v) is 6.56. The van der Waals surface area contributed by atoms with Crippen LogP contribution in [0.2, 0.25) is 0 Å². The molecule has 8 heteroatoms. The lowest BCUT2D eigenvalue weighted by Gasteiger charge is -2.24. The number of nitrogens with zero attached hydrogens (tertiary/aromatic N) is 4. The standard InChI is InChI=1S/C17H25N5O3/c1-11-15(12(2)25-20-11)4-5-17(23)22-10-14(24-3)8-13(22)9-21-7-6-16(18)19-21/h6-7,13-14H,4-5,8-10H2,1-3H3,(H2,18,19)/t13-,14+/m0/s1. The summed E-state index contributed by atoms with van der Waals surface area (Å²) in [5.74, 6) is 1.38. The number of methoxy groups -OCH3 is 1. The molecule has 1 aliphatic heterocycles. The number of hydrogen-bond acceptors (Lipinski definition) is 6. The molecule has 8 nitrogen and oxygen atoms in total. The molecular formula is C17H25N5O3. The molecule has 25 heavy (non-hydrogen) atoms. The van der Waals surface area contributed by atoms with Crippen molar-refractivity contribution in [3.05, 3.63) is 29.3 Å². The molecule has 3 heterocycles. The van der Waals surface area contributed by atoms with Gasteiger partial charge in [0.1, 0.15) is 11.6 Å². The highest BCUT2D eigenvalue weighted by Gasteiger charge is 2.35. The van der Waals surface area contributed by atoms with Crippen molar-refractivity contribution in [2.45, 2.75) is 51.8 Å². The van der Waals surface area contributed by atoms with Crippen LogP contribution in [0.15, 0.2) is 16.8 Å². The van der Waals surface area contributed by atoms with Gasteiger partial charge in [0.25, 0.3) is 0 Å². The van der Waals surface area contributed by atoms with Crippen molar-refractivity contribution < 1.29 is 14.1 Å². The molecule has 0 spiro atoms. The molecule has 1 amide bonds. The van der Waals surface area contributed by atoms with E-state index in [-0.39, 0.29) is 18.1 Å². The highest BCUT2D eigenvalue weighted by molar-refractivity contribution is 5.77. The highest BCUT2D eigenvalue weighted by atomic mass is 16.5. The Morgan fingerprint density at radius 3 is 2.88 bits per heavy atom. The molecule has 1 saturated heterocycles. The molecule has 0 saturated carbocycles. The Morgan fingerprint density at radius 1 is 1.48 bits per heavy atom. The van der Waals surface area contributed by atoms with E-state index in [1.165, 1.54) is 0 Å². The molecule has 0 aliphatic carbocycles. The average Bonchev–Trinajstić information content (AvgIpc) is 3.26. The van der Waals surface area contributed by atoms with Crippen molar-refractivity contribution in [3.8, 4) is 0 Å². The van der Waals surface area contributed by atoms with Crippen molar-refractivity contribution in [1.82, 2.24) is 19.8 Å². The summed E-state index contributed by atoms with van der Waals surface area (Å²) >= 11 is 0. The predicted octanol–water partition coefficient (Wildman–Crippen LogP) is 1.32. The molecule has 2 aromatic rings. The zero-order valence-electron chi connectivity index (χ0n) is 14.9. The van der Waals surface area contributed by atoms with Crippen molar-refractivity contribution in [1.29, 1.82) is 0 Å². The van der Waals surface area contributed by atoms with E-state index < -0.39 is 0 Å². The first kappa shape index (κ1) is 17.5. The number of anilines is 1. The van der Waals surface area contributed by atoms with Gasteiger partial charge in [-0.3, -0.25) is 9.48 Å². The Kier molecular flexibility index (Phi) is 5.08. The Morgan fingerprint density at radius 2 is 2.28 bits per heavy atom. The van der Waals surface area contributed by atoms with Gasteiger partial charge in [0, 0.05) is 31.8 Å². The van der Waals surface area contributed by atoms with E-state index in [1.54, 1.807) is 17.9 Å². The summed E-state index contributed by atoms with van der Waals surface area (Å²) in [5, 5.41) is 8.17. The molecule has 3 rings (SSSR count). The van der Waals surface area contributed by atoms with Crippen LogP contribution in [-0.2, 0) is 22.5 Å². The topological polar surface area (TPSA) is 99.4 Å². The minimum atomic E-state index is 0.0564. The maximum atomic E-state index is 12.8. The fourth-order valence-corrected chi connectivity index (χ4v) is 3.45. The molecule has 2 N–H and O–H groups in total. The van der Waals surface area contributed by atoms with Gasteiger partial charge in [0.15, 0.2) is 0 Å². The molecular weight excluding hydrogens is 322 g/mol. The van der Waals surface area contributed by atoms with Crippen LogP contribution in [0.3, 0.4) is 0 Å². The normalized spacial score (nSPS) is 20.4. The van der Waals surface area contributed by atoms with Crippen LogP contribution in [0.4, 0.5) is 5.82 Å². The summed E-state index contributed by atoms with van der Waals surface area (Å²) in [6.07, 6.45) is 3.75. The predicted molar refractivity (Wildman–Crippen MR) is 91.9 cm³/mol. The minimum Gasteiger partial charge on any atom is -0.382 e. The Bertz CT molecular complexity index is 719. The number of carbonyl (C=O) groups is 1. The fraction of sp³-hybridized carbons (Fsp3) is 0.588. The van der Waals surface area contributed by atoms with Gasteiger partial charge in [-0.2, -0.15) is 5.10 Å². The summed E-state index contributed by atoms with van der Waals surface area (Å²) in [7, 11) is 1.69. The van der Waals surface area contributed by atoms with E-state index in [2.05, 4.69) is 10.3 Å². The van der Waals surface area contributed by atoms with Crippen LogP contribution in [0.25, 0.3) is 0 Å².